The first-order valence-corrected chi connectivity index (χ1v) is 12.6. The number of nitrogens with zero attached hydrogens (tertiary/aromatic N) is 1. The van der Waals surface area contributed by atoms with Crippen LogP contribution in [0.1, 0.15) is 42.7 Å². The van der Waals surface area contributed by atoms with Gasteiger partial charge in [0.2, 0.25) is 0 Å². The summed E-state index contributed by atoms with van der Waals surface area (Å²) < 4.78 is 6.12. The summed E-state index contributed by atoms with van der Waals surface area (Å²) in [6.07, 6.45) is 4.26. The van der Waals surface area contributed by atoms with E-state index in [-0.39, 0.29) is 6.10 Å². The molecule has 0 radical (unpaired) electrons. The molecule has 174 valence electrons. The lowest BCUT2D eigenvalue weighted by molar-refractivity contribution is 0.0448. The van der Waals surface area contributed by atoms with Gasteiger partial charge in [-0.2, -0.15) is 0 Å². The van der Waals surface area contributed by atoms with Gasteiger partial charge in [0.15, 0.2) is 0 Å². The maximum Gasteiger partial charge on any atom is 0.119 e. The Balaban J connectivity index is 1.28. The van der Waals surface area contributed by atoms with E-state index in [4.69, 9.17) is 4.74 Å². The molecule has 0 bridgehead atoms. The highest BCUT2D eigenvalue weighted by Crippen LogP contribution is 2.37. The number of aliphatic hydroxyl groups is 1. The maximum atomic E-state index is 10.8. The first-order valence-electron chi connectivity index (χ1n) is 12.6. The van der Waals surface area contributed by atoms with Crippen LogP contribution in [0.2, 0.25) is 0 Å². The zero-order chi connectivity index (χ0) is 22.5. The number of hydrogen-bond donors (Lipinski definition) is 2. The van der Waals surface area contributed by atoms with Crippen LogP contribution in [0.5, 0.6) is 5.75 Å². The smallest absolute Gasteiger partial charge is 0.119 e. The molecule has 1 heterocycles. The topological polar surface area (TPSA) is 44.7 Å². The molecule has 4 nitrogen and oxygen atoms in total. The van der Waals surface area contributed by atoms with E-state index in [2.05, 4.69) is 76.9 Å². The maximum absolute atomic E-state index is 10.8. The third-order valence-electron chi connectivity index (χ3n) is 7.49. The lowest BCUT2D eigenvalue weighted by Gasteiger charge is -2.38. The van der Waals surface area contributed by atoms with Crippen LogP contribution in [-0.2, 0) is 6.61 Å². The van der Waals surface area contributed by atoms with E-state index in [0.29, 0.717) is 18.4 Å². The van der Waals surface area contributed by atoms with E-state index < -0.39 is 0 Å². The molecule has 3 unspecified atom stereocenters. The normalized spacial score (nSPS) is 22.8. The molecule has 1 saturated heterocycles. The Bertz CT molecular complexity index is 1030. The van der Waals surface area contributed by atoms with Crippen molar-refractivity contribution in [3.8, 4) is 5.75 Å². The molecule has 5 rings (SSSR count). The summed E-state index contributed by atoms with van der Waals surface area (Å²) in [6, 6.07) is 23.6. The molecule has 0 spiro atoms. The molecule has 1 aliphatic carbocycles. The Kier molecular flexibility index (Phi) is 7.25. The Labute approximate surface area is 197 Å². The van der Waals surface area contributed by atoms with Crippen molar-refractivity contribution in [1.82, 2.24) is 10.2 Å². The summed E-state index contributed by atoms with van der Waals surface area (Å²) in [4.78, 5) is 2.56. The van der Waals surface area contributed by atoms with E-state index in [0.717, 1.165) is 57.7 Å². The van der Waals surface area contributed by atoms with Gasteiger partial charge in [0.1, 0.15) is 12.4 Å². The third-order valence-corrected chi connectivity index (χ3v) is 7.49. The third kappa shape index (κ3) is 5.57. The highest BCUT2D eigenvalue weighted by atomic mass is 16.5. The van der Waals surface area contributed by atoms with Gasteiger partial charge < -0.3 is 20.1 Å². The Morgan fingerprint density at radius 2 is 1.67 bits per heavy atom. The minimum absolute atomic E-state index is 0.185. The van der Waals surface area contributed by atoms with Crippen molar-refractivity contribution in [3.63, 3.8) is 0 Å². The number of piperazine rings is 1. The molecule has 3 aromatic rings. The molecule has 0 amide bonds. The molecule has 1 saturated carbocycles. The van der Waals surface area contributed by atoms with E-state index >= 15 is 0 Å². The van der Waals surface area contributed by atoms with Gasteiger partial charge in [-0.25, -0.2) is 0 Å². The molecule has 4 heteroatoms. The second kappa shape index (κ2) is 10.7. The van der Waals surface area contributed by atoms with E-state index in [1.165, 1.54) is 28.3 Å². The van der Waals surface area contributed by atoms with Gasteiger partial charge >= 0.3 is 0 Å². The fourth-order valence-corrected chi connectivity index (χ4v) is 5.58. The first-order chi connectivity index (χ1) is 16.3. The molecule has 2 aliphatic rings. The minimum atomic E-state index is -0.185. The lowest BCUT2D eigenvalue weighted by Crippen LogP contribution is -2.46. The predicted octanol–water partition coefficient (Wildman–Crippen LogP) is 4.96. The SMILES string of the molecule is OC1CCCCC1C(CN1CCNCC1)c1ccc(OCc2ccc3ccccc3c2)cc1. The molecule has 3 atom stereocenters. The van der Waals surface area contributed by atoms with Crippen molar-refractivity contribution >= 4 is 10.8 Å². The second-order valence-electron chi connectivity index (χ2n) is 9.71. The molecule has 3 aromatic carbocycles. The van der Waals surface area contributed by atoms with E-state index in [1.807, 2.05) is 0 Å². The van der Waals surface area contributed by atoms with Crippen LogP contribution in [0.25, 0.3) is 10.8 Å². The van der Waals surface area contributed by atoms with Gasteiger partial charge in [0.25, 0.3) is 0 Å². The molecule has 33 heavy (non-hydrogen) atoms. The van der Waals surface area contributed by atoms with Gasteiger partial charge in [-0.3, -0.25) is 0 Å². The lowest BCUT2D eigenvalue weighted by atomic mass is 9.74. The van der Waals surface area contributed by atoms with Gasteiger partial charge in [0, 0.05) is 38.6 Å². The summed E-state index contributed by atoms with van der Waals surface area (Å²) in [5.41, 5.74) is 2.51. The fourth-order valence-electron chi connectivity index (χ4n) is 5.58. The zero-order valence-electron chi connectivity index (χ0n) is 19.5. The largest absolute Gasteiger partial charge is 0.489 e. The summed E-state index contributed by atoms with van der Waals surface area (Å²) >= 11 is 0. The monoisotopic (exact) mass is 444 g/mol. The first kappa shape index (κ1) is 22.4. The number of fused-ring (bicyclic) bond motifs is 1. The molecule has 2 N–H and O–H groups in total. The summed E-state index contributed by atoms with van der Waals surface area (Å²) in [6.45, 7) is 5.89. The average molecular weight is 445 g/mol. The van der Waals surface area contributed by atoms with E-state index in [1.54, 1.807) is 0 Å². The zero-order valence-corrected chi connectivity index (χ0v) is 19.5. The summed E-state index contributed by atoms with van der Waals surface area (Å²) in [7, 11) is 0. The molecule has 2 fully saturated rings. The van der Waals surface area contributed by atoms with Crippen LogP contribution in [-0.4, -0.2) is 48.8 Å². The number of rotatable bonds is 7. The molecule has 0 aromatic heterocycles. The summed E-state index contributed by atoms with van der Waals surface area (Å²) in [5.74, 6) is 1.61. The van der Waals surface area contributed by atoms with Crippen molar-refractivity contribution in [2.24, 2.45) is 5.92 Å². The van der Waals surface area contributed by atoms with E-state index in [9.17, 15) is 5.11 Å². The average Bonchev–Trinajstić information content (AvgIpc) is 2.87. The van der Waals surface area contributed by atoms with Crippen LogP contribution in [0, 0.1) is 5.92 Å². The van der Waals surface area contributed by atoms with Crippen LogP contribution in [0.4, 0.5) is 0 Å². The molecular formula is C29H36N2O2. The van der Waals surface area contributed by atoms with Crippen molar-refractivity contribution in [2.75, 3.05) is 32.7 Å². The van der Waals surface area contributed by atoms with Crippen molar-refractivity contribution < 1.29 is 9.84 Å². The second-order valence-corrected chi connectivity index (χ2v) is 9.71. The van der Waals surface area contributed by atoms with Gasteiger partial charge in [-0.05, 0) is 58.9 Å². The highest BCUT2D eigenvalue weighted by Gasteiger charge is 2.33. The number of ether oxygens (including phenoxy) is 1. The number of nitrogens with one attached hydrogen (secondary N) is 1. The van der Waals surface area contributed by atoms with Crippen LogP contribution in [0.15, 0.2) is 66.7 Å². The quantitative estimate of drug-likeness (QED) is 0.541. The van der Waals surface area contributed by atoms with Crippen LogP contribution >= 0.6 is 0 Å². The number of benzene rings is 3. The minimum Gasteiger partial charge on any atom is -0.489 e. The number of aliphatic hydroxyl groups excluding tert-OH is 1. The Hall–Kier alpha value is -2.40. The van der Waals surface area contributed by atoms with Crippen LogP contribution < -0.4 is 10.1 Å². The van der Waals surface area contributed by atoms with Crippen molar-refractivity contribution in [2.45, 2.75) is 44.3 Å². The van der Waals surface area contributed by atoms with Crippen molar-refractivity contribution in [1.29, 1.82) is 0 Å². The predicted molar refractivity (Wildman–Crippen MR) is 135 cm³/mol. The Morgan fingerprint density at radius 1 is 0.909 bits per heavy atom. The van der Waals surface area contributed by atoms with Gasteiger partial charge in [-0.15, -0.1) is 0 Å². The van der Waals surface area contributed by atoms with Gasteiger partial charge in [-0.1, -0.05) is 61.4 Å². The highest BCUT2D eigenvalue weighted by molar-refractivity contribution is 5.82. The molecule has 1 aliphatic heterocycles. The Morgan fingerprint density at radius 3 is 2.45 bits per heavy atom. The van der Waals surface area contributed by atoms with Gasteiger partial charge in [0.05, 0.1) is 6.10 Å². The fraction of sp³-hybridized carbons (Fsp3) is 0.448. The molecular weight excluding hydrogens is 408 g/mol. The van der Waals surface area contributed by atoms with Crippen LogP contribution in [0.3, 0.4) is 0 Å². The number of hydrogen-bond acceptors (Lipinski definition) is 4. The van der Waals surface area contributed by atoms with Crippen molar-refractivity contribution in [3.05, 3.63) is 77.9 Å². The summed E-state index contributed by atoms with van der Waals surface area (Å²) in [5, 5.41) is 16.8. The standard InChI is InChI=1S/C29H36N2O2/c32-29-8-4-3-7-27(29)28(20-31-17-15-30-16-18-31)24-11-13-26(14-12-24)33-21-22-9-10-23-5-1-2-6-25(23)19-22/h1-2,5-6,9-14,19,27-30,32H,3-4,7-8,15-18,20-21H2.